The fourth-order valence-electron chi connectivity index (χ4n) is 2.27. The minimum absolute atomic E-state index is 0.421. The van der Waals surface area contributed by atoms with Crippen LogP contribution in [0.5, 0.6) is 0 Å². The molecule has 0 saturated heterocycles. The highest BCUT2D eigenvalue weighted by Crippen LogP contribution is 2.34. The number of imide groups is 1. The number of hydrogen-bond donors (Lipinski definition) is 3. The Bertz CT molecular complexity index is 883. The molecule has 7 nitrogen and oxygen atoms in total. The predicted molar refractivity (Wildman–Crippen MR) is 99.5 cm³/mol. The fraction of sp³-hybridized carbons (Fsp3) is 0.111. The molecule has 8 heteroatoms. The number of H-pyrrole nitrogens is 1. The van der Waals surface area contributed by atoms with Crippen molar-refractivity contribution in [2.45, 2.75) is 10.4 Å². The monoisotopic (exact) mass is 367 g/mol. The van der Waals surface area contributed by atoms with Crippen molar-refractivity contribution in [1.29, 1.82) is 0 Å². The van der Waals surface area contributed by atoms with Crippen LogP contribution in [0, 0.1) is 0 Å². The Morgan fingerprint density at radius 1 is 1.04 bits per heavy atom. The van der Waals surface area contributed by atoms with Crippen LogP contribution in [0.1, 0.15) is 10.8 Å². The molecule has 3 amide bonds. The average molecular weight is 367 g/mol. The Morgan fingerprint density at radius 3 is 2.35 bits per heavy atom. The molecule has 0 aliphatic carbocycles. The van der Waals surface area contributed by atoms with Gasteiger partial charge >= 0.3 is 6.03 Å². The number of hydrogen-bond acceptors (Lipinski definition) is 5. The predicted octanol–water partition coefficient (Wildman–Crippen LogP) is 2.76. The number of carbonyl (C=O) groups is 2. The first-order valence-corrected chi connectivity index (χ1v) is 8.77. The molecule has 1 heterocycles. The molecule has 3 aromatic rings. The van der Waals surface area contributed by atoms with Gasteiger partial charge in [0.05, 0.1) is 0 Å². The van der Waals surface area contributed by atoms with Crippen LogP contribution in [0.15, 0.2) is 65.8 Å². The van der Waals surface area contributed by atoms with Crippen molar-refractivity contribution in [3.05, 3.63) is 66.2 Å². The third kappa shape index (κ3) is 4.28. The van der Waals surface area contributed by atoms with Gasteiger partial charge in [-0.2, -0.15) is 0 Å². The standard InChI is InChI=1S/C18H17N5O2S/c1-19-17(25)21-16(24)14(12-8-4-2-5-9-12)26-18-20-15(22-23-18)13-10-6-3-7-11-13/h2-11,14H,1H3,(H,20,22,23)(H2,19,21,24,25)/t14-/m1/s1. The second kappa shape index (κ2) is 8.30. The summed E-state index contributed by atoms with van der Waals surface area (Å²) in [5.74, 6) is 0.179. The third-order valence-corrected chi connectivity index (χ3v) is 4.65. The van der Waals surface area contributed by atoms with Gasteiger partial charge in [-0.3, -0.25) is 15.2 Å². The number of aromatic amines is 1. The number of aromatic nitrogens is 3. The Morgan fingerprint density at radius 2 is 1.69 bits per heavy atom. The molecule has 26 heavy (non-hydrogen) atoms. The summed E-state index contributed by atoms with van der Waals surface area (Å²) in [6.45, 7) is 0. The highest BCUT2D eigenvalue weighted by Gasteiger charge is 2.25. The van der Waals surface area contributed by atoms with Crippen molar-refractivity contribution < 1.29 is 9.59 Å². The Balaban J connectivity index is 1.83. The van der Waals surface area contributed by atoms with Gasteiger partial charge in [0, 0.05) is 12.6 Å². The molecular weight excluding hydrogens is 350 g/mol. The summed E-state index contributed by atoms with van der Waals surface area (Å²) in [5, 5.41) is 11.5. The first-order valence-electron chi connectivity index (χ1n) is 7.89. The van der Waals surface area contributed by atoms with E-state index in [2.05, 4.69) is 25.8 Å². The summed E-state index contributed by atoms with van der Waals surface area (Å²) in [7, 11) is 1.45. The summed E-state index contributed by atoms with van der Waals surface area (Å²) < 4.78 is 0. The number of thioether (sulfide) groups is 1. The molecule has 0 radical (unpaired) electrons. The SMILES string of the molecule is CNC(=O)NC(=O)[C@H](Sc1n[nH]c(-c2ccccc2)n1)c1ccccc1. The van der Waals surface area contributed by atoms with Gasteiger partial charge in [-0.05, 0) is 5.56 Å². The third-order valence-electron chi connectivity index (χ3n) is 3.54. The maximum absolute atomic E-state index is 12.5. The number of nitrogens with zero attached hydrogens (tertiary/aromatic N) is 2. The van der Waals surface area contributed by atoms with Crippen LogP contribution >= 0.6 is 11.8 Å². The van der Waals surface area contributed by atoms with Crippen LogP contribution in [-0.4, -0.2) is 34.2 Å². The van der Waals surface area contributed by atoms with Gasteiger partial charge in [0.15, 0.2) is 5.82 Å². The van der Waals surface area contributed by atoms with E-state index >= 15 is 0 Å². The fourth-order valence-corrected chi connectivity index (χ4v) is 3.18. The Kier molecular flexibility index (Phi) is 5.65. The van der Waals surface area contributed by atoms with Gasteiger partial charge in [-0.1, -0.05) is 72.4 Å². The minimum atomic E-state index is -0.659. The number of rotatable bonds is 5. The first kappa shape index (κ1) is 17.7. The van der Waals surface area contributed by atoms with Gasteiger partial charge in [-0.15, -0.1) is 5.10 Å². The van der Waals surface area contributed by atoms with E-state index in [1.165, 1.54) is 18.8 Å². The molecule has 0 aliphatic rings. The normalized spacial score (nSPS) is 11.6. The molecular formula is C18H17N5O2S. The van der Waals surface area contributed by atoms with Crippen LogP contribution in [0.2, 0.25) is 0 Å². The molecule has 1 atom stereocenters. The highest BCUT2D eigenvalue weighted by atomic mass is 32.2. The number of amides is 3. The summed E-state index contributed by atoms with van der Waals surface area (Å²) in [6.07, 6.45) is 0. The Hall–Kier alpha value is -3.13. The van der Waals surface area contributed by atoms with Crippen LogP contribution in [0.4, 0.5) is 4.79 Å². The molecule has 3 N–H and O–H groups in total. The molecule has 3 rings (SSSR count). The van der Waals surface area contributed by atoms with Crippen molar-refractivity contribution in [2.24, 2.45) is 0 Å². The molecule has 0 unspecified atom stereocenters. The zero-order valence-electron chi connectivity index (χ0n) is 14.0. The van der Waals surface area contributed by atoms with Crippen LogP contribution < -0.4 is 10.6 Å². The maximum atomic E-state index is 12.5. The largest absolute Gasteiger partial charge is 0.341 e. The smallest absolute Gasteiger partial charge is 0.321 e. The lowest BCUT2D eigenvalue weighted by molar-refractivity contribution is -0.119. The topological polar surface area (TPSA) is 99.8 Å². The van der Waals surface area contributed by atoms with E-state index in [4.69, 9.17) is 0 Å². The number of carbonyl (C=O) groups excluding carboxylic acids is 2. The zero-order chi connectivity index (χ0) is 18.4. The molecule has 2 aromatic carbocycles. The van der Waals surface area contributed by atoms with E-state index in [1.54, 1.807) is 0 Å². The number of urea groups is 1. The quantitative estimate of drug-likeness (QED) is 0.602. The molecule has 0 aliphatic heterocycles. The van der Waals surface area contributed by atoms with Gasteiger partial charge in [-0.25, -0.2) is 9.78 Å². The summed E-state index contributed by atoms with van der Waals surface area (Å²) in [6, 6.07) is 18.2. The lowest BCUT2D eigenvalue weighted by Crippen LogP contribution is -2.39. The van der Waals surface area contributed by atoms with Crippen LogP contribution in [0.3, 0.4) is 0 Å². The van der Waals surface area contributed by atoms with Gasteiger partial charge in [0.2, 0.25) is 11.1 Å². The summed E-state index contributed by atoms with van der Waals surface area (Å²) in [4.78, 5) is 28.5. The lowest BCUT2D eigenvalue weighted by atomic mass is 10.1. The minimum Gasteiger partial charge on any atom is -0.341 e. The number of nitrogens with one attached hydrogen (secondary N) is 3. The van der Waals surface area contributed by atoms with E-state index in [9.17, 15) is 9.59 Å². The molecule has 0 spiro atoms. The van der Waals surface area contributed by atoms with Crippen molar-refractivity contribution >= 4 is 23.7 Å². The molecule has 0 fully saturated rings. The van der Waals surface area contributed by atoms with Crippen molar-refractivity contribution in [3.8, 4) is 11.4 Å². The van der Waals surface area contributed by atoms with Crippen LogP contribution in [-0.2, 0) is 4.79 Å². The van der Waals surface area contributed by atoms with E-state index < -0.39 is 17.2 Å². The summed E-state index contributed by atoms with van der Waals surface area (Å²) >= 11 is 1.17. The maximum Gasteiger partial charge on any atom is 0.321 e. The average Bonchev–Trinajstić information content (AvgIpc) is 3.16. The zero-order valence-corrected chi connectivity index (χ0v) is 14.8. The van der Waals surface area contributed by atoms with Gasteiger partial charge in [0.1, 0.15) is 5.25 Å². The molecule has 0 saturated carbocycles. The molecule has 132 valence electrons. The summed E-state index contributed by atoms with van der Waals surface area (Å²) in [5.41, 5.74) is 1.66. The molecule has 1 aromatic heterocycles. The van der Waals surface area contributed by atoms with Gasteiger partial charge in [0.25, 0.3) is 0 Å². The second-order valence-corrected chi connectivity index (χ2v) is 6.38. The lowest BCUT2D eigenvalue weighted by Gasteiger charge is -2.14. The number of benzene rings is 2. The first-order chi connectivity index (χ1) is 12.7. The van der Waals surface area contributed by atoms with E-state index in [1.807, 2.05) is 60.7 Å². The van der Waals surface area contributed by atoms with Crippen molar-refractivity contribution in [2.75, 3.05) is 7.05 Å². The van der Waals surface area contributed by atoms with Gasteiger partial charge < -0.3 is 5.32 Å². The molecule has 0 bridgehead atoms. The Labute approximate surface area is 154 Å². The van der Waals surface area contributed by atoms with E-state index in [-0.39, 0.29) is 0 Å². The second-order valence-electron chi connectivity index (χ2n) is 5.31. The van der Waals surface area contributed by atoms with Crippen molar-refractivity contribution in [1.82, 2.24) is 25.8 Å². The van der Waals surface area contributed by atoms with E-state index in [0.29, 0.717) is 11.0 Å². The highest BCUT2D eigenvalue weighted by molar-refractivity contribution is 8.00. The van der Waals surface area contributed by atoms with Crippen molar-refractivity contribution in [3.63, 3.8) is 0 Å². The van der Waals surface area contributed by atoms with E-state index in [0.717, 1.165) is 11.1 Å². The van der Waals surface area contributed by atoms with Crippen LogP contribution in [0.25, 0.3) is 11.4 Å².